The second-order valence-corrected chi connectivity index (χ2v) is 9.96. The molecule has 0 radical (unpaired) electrons. The standard InChI is InChI=1S/C7H12Cl4NOP/c8-7(9,10)14(11,13)12-6-4-2-1-3-5-6/h6H,1-5H2,(H,12,13). The molecule has 0 spiro atoms. The van der Waals surface area contributed by atoms with Crippen molar-refractivity contribution in [2.75, 3.05) is 0 Å². The average Bonchev–Trinajstić information content (AvgIpc) is 2.03. The van der Waals surface area contributed by atoms with Crippen molar-refractivity contribution >= 4 is 52.7 Å². The van der Waals surface area contributed by atoms with Gasteiger partial charge >= 0.3 is 0 Å². The Bertz CT molecular complexity index is 236. The quantitative estimate of drug-likeness (QED) is 0.593. The van der Waals surface area contributed by atoms with Crippen molar-refractivity contribution in [2.45, 2.75) is 41.7 Å². The van der Waals surface area contributed by atoms with Crippen LogP contribution in [0, 0.1) is 0 Å². The summed E-state index contributed by atoms with van der Waals surface area (Å²) in [5, 5.41) is 2.76. The first-order chi connectivity index (χ1) is 6.33. The lowest BCUT2D eigenvalue weighted by molar-refractivity contribution is 0.414. The Morgan fingerprint density at radius 2 is 1.64 bits per heavy atom. The van der Waals surface area contributed by atoms with E-state index >= 15 is 0 Å². The zero-order valence-electron chi connectivity index (χ0n) is 7.48. The number of alkyl halides is 3. The van der Waals surface area contributed by atoms with Crippen molar-refractivity contribution < 1.29 is 4.57 Å². The maximum Gasteiger partial charge on any atom is 0.282 e. The van der Waals surface area contributed by atoms with Crippen molar-refractivity contribution in [1.82, 2.24) is 5.09 Å². The predicted octanol–water partition coefficient (Wildman–Crippen LogP) is 4.67. The fourth-order valence-corrected chi connectivity index (χ4v) is 3.27. The van der Waals surface area contributed by atoms with Gasteiger partial charge < -0.3 is 0 Å². The van der Waals surface area contributed by atoms with Crippen LogP contribution in [0.2, 0.25) is 0 Å². The third-order valence-corrected chi connectivity index (χ3v) is 7.60. The molecule has 1 aliphatic carbocycles. The van der Waals surface area contributed by atoms with Crippen LogP contribution in [0.1, 0.15) is 32.1 Å². The van der Waals surface area contributed by atoms with Crippen LogP contribution in [0.4, 0.5) is 0 Å². The van der Waals surface area contributed by atoms with E-state index in [1.807, 2.05) is 0 Å². The Morgan fingerprint density at radius 3 is 2.07 bits per heavy atom. The molecule has 1 atom stereocenters. The first kappa shape index (κ1) is 13.4. The summed E-state index contributed by atoms with van der Waals surface area (Å²) in [6.07, 6.45) is 5.30. The Morgan fingerprint density at radius 1 is 1.14 bits per heavy atom. The molecule has 2 nitrogen and oxygen atoms in total. The molecule has 1 rings (SSSR count). The van der Waals surface area contributed by atoms with Crippen molar-refractivity contribution in [3.8, 4) is 0 Å². The maximum atomic E-state index is 11.8. The van der Waals surface area contributed by atoms with E-state index in [2.05, 4.69) is 5.09 Å². The van der Waals surface area contributed by atoms with Gasteiger partial charge in [-0.3, -0.25) is 4.57 Å². The van der Waals surface area contributed by atoms with Gasteiger partial charge in [0.25, 0.3) is 10.2 Å². The van der Waals surface area contributed by atoms with Crippen LogP contribution in [-0.2, 0) is 4.57 Å². The molecule has 0 aliphatic heterocycles. The fourth-order valence-electron chi connectivity index (χ4n) is 1.54. The summed E-state index contributed by atoms with van der Waals surface area (Å²) >= 11 is 22.2. The Hall–Kier alpha value is 1.35. The highest BCUT2D eigenvalue weighted by Crippen LogP contribution is 2.66. The maximum absolute atomic E-state index is 11.8. The average molecular weight is 299 g/mol. The molecular formula is C7H12Cl4NOP. The van der Waals surface area contributed by atoms with Gasteiger partial charge in [-0.25, -0.2) is 5.09 Å². The Balaban J connectivity index is 2.53. The van der Waals surface area contributed by atoms with Gasteiger partial charge in [-0.05, 0) is 24.1 Å². The Labute approximate surface area is 104 Å². The number of rotatable bonds is 2. The molecule has 0 heterocycles. The third kappa shape index (κ3) is 3.73. The van der Waals surface area contributed by atoms with Crippen molar-refractivity contribution in [3.05, 3.63) is 0 Å². The molecule has 1 N–H and O–H groups in total. The topological polar surface area (TPSA) is 29.1 Å². The van der Waals surface area contributed by atoms with Crippen molar-refractivity contribution in [2.24, 2.45) is 0 Å². The minimum absolute atomic E-state index is 0.114. The van der Waals surface area contributed by atoms with Crippen LogP contribution in [0.3, 0.4) is 0 Å². The molecule has 0 amide bonds. The van der Waals surface area contributed by atoms with Gasteiger partial charge in [0.2, 0.25) is 0 Å². The molecule has 0 bridgehead atoms. The molecule has 84 valence electrons. The molecule has 0 saturated heterocycles. The van der Waals surface area contributed by atoms with Gasteiger partial charge in [-0.15, -0.1) is 0 Å². The molecule has 7 heteroatoms. The predicted molar refractivity (Wildman–Crippen MR) is 63.8 cm³/mol. The first-order valence-electron chi connectivity index (χ1n) is 4.47. The van der Waals surface area contributed by atoms with E-state index < -0.39 is 10.2 Å². The largest absolute Gasteiger partial charge is 0.285 e. The molecule has 1 unspecified atom stereocenters. The Kier molecular flexibility index (Phi) is 4.91. The van der Waals surface area contributed by atoms with Gasteiger partial charge in [0.1, 0.15) is 0 Å². The molecule has 1 saturated carbocycles. The first-order valence-corrected chi connectivity index (χ1v) is 8.22. The number of nitrogens with one attached hydrogen (secondary N) is 1. The monoisotopic (exact) mass is 297 g/mol. The van der Waals surface area contributed by atoms with E-state index in [-0.39, 0.29) is 6.04 Å². The van der Waals surface area contributed by atoms with E-state index in [4.69, 9.17) is 46.0 Å². The van der Waals surface area contributed by atoms with E-state index in [0.29, 0.717) is 0 Å². The SMILES string of the molecule is O=P(Cl)(NC1CCCCC1)C(Cl)(Cl)Cl. The highest BCUT2D eigenvalue weighted by molar-refractivity contribution is 7.92. The van der Waals surface area contributed by atoms with Crippen LogP contribution in [0.5, 0.6) is 0 Å². The van der Waals surface area contributed by atoms with Crippen LogP contribution in [0.25, 0.3) is 0 Å². The summed E-state index contributed by atoms with van der Waals surface area (Å²) in [6.45, 7) is -3.43. The van der Waals surface area contributed by atoms with Gasteiger partial charge in [0.15, 0.2) is 0 Å². The fraction of sp³-hybridized carbons (Fsp3) is 1.00. The van der Waals surface area contributed by atoms with Gasteiger partial charge in [-0.2, -0.15) is 0 Å². The summed E-state index contributed by atoms with van der Waals surface area (Å²) < 4.78 is 9.84. The van der Waals surface area contributed by atoms with E-state index in [1.54, 1.807) is 0 Å². The van der Waals surface area contributed by atoms with Gasteiger partial charge in [0.05, 0.1) is 0 Å². The molecular weight excluding hydrogens is 287 g/mol. The van der Waals surface area contributed by atoms with Crippen LogP contribution < -0.4 is 5.09 Å². The smallest absolute Gasteiger partial charge is 0.282 e. The van der Waals surface area contributed by atoms with Crippen LogP contribution in [0.15, 0.2) is 0 Å². The zero-order chi connectivity index (χ0) is 10.8. The van der Waals surface area contributed by atoms with E-state index in [0.717, 1.165) is 25.7 Å². The molecule has 1 aliphatic rings. The lowest BCUT2D eigenvalue weighted by Gasteiger charge is -2.28. The van der Waals surface area contributed by atoms with Crippen molar-refractivity contribution in [1.29, 1.82) is 0 Å². The normalized spacial score (nSPS) is 24.6. The summed E-state index contributed by atoms with van der Waals surface area (Å²) in [6, 6.07) is 0.114. The molecule has 0 aromatic rings. The van der Waals surface area contributed by atoms with Gasteiger partial charge in [0, 0.05) is 6.04 Å². The third-order valence-electron chi connectivity index (χ3n) is 2.28. The lowest BCUT2D eigenvalue weighted by Crippen LogP contribution is -2.30. The highest BCUT2D eigenvalue weighted by Gasteiger charge is 2.44. The van der Waals surface area contributed by atoms with Crippen LogP contribution >= 0.6 is 52.7 Å². The van der Waals surface area contributed by atoms with E-state index in [9.17, 15) is 4.57 Å². The molecule has 0 aromatic carbocycles. The second kappa shape index (κ2) is 5.12. The number of hydrogen-bond acceptors (Lipinski definition) is 1. The minimum Gasteiger partial charge on any atom is -0.285 e. The highest BCUT2D eigenvalue weighted by atomic mass is 35.7. The summed E-state index contributed by atoms with van der Waals surface area (Å²) in [5.41, 5.74) is 0. The zero-order valence-corrected chi connectivity index (χ0v) is 11.4. The number of halogens is 4. The van der Waals surface area contributed by atoms with Gasteiger partial charge in [-0.1, -0.05) is 54.1 Å². The number of hydrogen-bond donors (Lipinski definition) is 1. The second-order valence-electron chi connectivity index (χ2n) is 3.46. The minimum atomic E-state index is -3.43. The summed E-state index contributed by atoms with van der Waals surface area (Å²) in [4.78, 5) is 0. The molecule has 1 fully saturated rings. The summed E-state index contributed by atoms with van der Waals surface area (Å²) in [7, 11) is 0. The summed E-state index contributed by atoms with van der Waals surface area (Å²) in [5.74, 6) is 0. The molecule has 0 aromatic heterocycles. The lowest BCUT2D eigenvalue weighted by atomic mass is 9.96. The van der Waals surface area contributed by atoms with Crippen molar-refractivity contribution in [3.63, 3.8) is 0 Å². The van der Waals surface area contributed by atoms with Crippen LogP contribution in [-0.4, -0.2) is 9.58 Å². The van der Waals surface area contributed by atoms with E-state index in [1.165, 1.54) is 6.42 Å². The molecule has 14 heavy (non-hydrogen) atoms.